The quantitative estimate of drug-likeness (QED) is 0.812. The van der Waals surface area contributed by atoms with E-state index in [1.807, 2.05) is 4.68 Å². The first-order chi connectivity index (χ1) is 9.15. The molecule has 1 N–H and O–H groups in total. The SMILES string of the molecule is CCn1ncnc1CC1(CNCC(C)C)CCOC1. The first-order valence-corrected chi connectivity index (χ1v) is 7.30. The maximum atomic E-state index is 5.64. The lowest BCUT2D eigenvalue weighted by atomic mass is 9.83. The van der Waals surface area contributed by atoms with Crippen LogP contribution in [0.3, 0.4) is 0 Å². The molecule has 5 nitrogen and oxygen atoms in total. The Bertz CT molecular complexity index is 383. The minimum atomic E-state index is 0.189. The van der Waals surface area contributed by atoms with E-state index in [0.29, 0.717) is 5.92 Å². The summed E-state index contributed by atoms with van der Waals surface area (Å²) in [5.41, 5.74) is 0.189. The molecule has 19 heavy (non-hydrogen) atoms. The van der Waals surface area contributed by atoms with Crippen LogP contribution in [0.15, 0.2) is 6.33 Å². The Morgan fingerprint density at radius 2 is 2.37 bits per heavy atom. The average molecular weight is 266 g/mol. The number of nitrogens with one attached hydrogen (secondary N) is 1. The minimum absolute atomic E-state index is 0.189. The molecule has 0 saturated carbocycles. The Labute approximate surface area is 115 Å². The van der Waals surface area contributed by atoms with Crippen molar-refractivity contribution in [3.05, 3.63) is 12.2 Å². The molecule has 0 bridgehead atoms. The van der Waals surface area contributed by atoms with Crippen molar-refractivity contribution in [1.82, 2.24) is 20.1 Å². The second-order valence-electron chi connectivity index (χ2n) is 6.00. The average Bonchev–Trinajstić information content (AvgIpc) is 2.99. The normalized spacial score (nSPS) is 23.4. The highest BCUT2D eigenvalue weighted by Crippen LogP contribution is 2.31. The molecule has 2 rings (SSSR count). The van der Waals surface area contributed by atoms with Crippen LogP contribution in [0.5, 0.6) is 0 Å². The molecule has 1 aromatic rings. The molecule has 0 amide bonds. The molecule has 1 atom stereocenters. The van der Waals surface area contributed by atoms with Gasteiger partial charge in [0.1, 0.15) is 12.2 Å². The zero-order valence-electron chi connectivity index (χ0n) is 12.4. The molecular formula is C14H26N4O. The third kappa shape index (κ3) is 3.76. The van der Waals surface area contributed by atoms with Gasteiger partial charge in [-0.15, -0.1) is 0 Å². The molecule has 0 radical (unpaired) electrons. The number of aromatic nitrogens is 3. The van der Waals surface area contributed by atoms with Gasteiger partial charge in [0.2, 0.25) is 0 Å². The van der Waals surface area contributed by atoms with E-state index in [4.69, 9.17) is 4.74 Å². The highest BCUT2D eigenvalue weighted by Gasteiger charge is 2.36. The summed E-state index contributed by atoms with van der Waals surface area (Å²) in [7, 11) is 0. The van der Waals surface area contributed by atoms with Crippen LogP contribution in [0.1, 0.15) is 33.0 Å². The summed E-state index contributed by atoms with van der Waals surface area (Å²) in [4.78, 5) is 4.41. The first-order valence-electron chi connectivity index (χ1n) is 7.30. The predicted molar refractivity (Wildman–Crippen MR) is 75.0 cm³/mol. The lowest BCUT2D eigenvalue weighted by Gasteiger charge is -2.27. The lowest BCUT2D eigenvalue weighted by Crippen LogP contribution is -2.38. The minimum Gasteiger partial charge on any atom is -0.381 e. The van der Waals surface area contributed by atoms with E-state index in [9.17, 15) is 0 Å². The fraction of sp³-hybridized carbons (Fsp3) is 0.857. The predicted octanol–water partition coefficient (Wildman–Crippen LogP) is 1.49. The van der Waals surface area contributed by atoms with Crippen molar-refractivity contribution in [1.29, 1.82) is 0 Å². The van der Waals surface area contributed by atoms with Gasteiger partial charge < -0.3 is 10.1 Å². The monoisotopic (exact) mass is 266 g/mol. The second kappa shape index (κ2) is 6.48. The standard InChI is InChI=1S/C14H26N4O/c1-4-18-13(16-11-17-18)7-14(5-6-19-10-14)9-15-8-12(2)3/h11-12,15H,4-10H2,1-3H3. The van der Waals surface area contributed by atoms with Crippen molar-refractivity contribution in [3.8, 4) is 0 Å². The number of rotatable bonds is 7. The fourth-order valence-electron chi connectivity index (χ4n) is 2.64. The van der Waals surface area contributed by atoms with Crippen LogP contribution in [0, 0.1) is 11.3 Å². The maximum absolute atomic E-state index is 5.64. The van der Waals surface area contributed by atoms with E-state index < -0.39 is 0 Å². The van der Waals surface area contributed by atoms with Gasteiger partial charge in [0, 0.05) is 31.5 Å². The number of aryl methyl sites for hydroxylation is 1. The zero-order valence-corrected chi connectivity index (χ0v) is 12.4. The zero-order chi connectivity index (χ0) is 13.7. The van der Waals surface area contributed by atoms with Gasteiger partial charge in [-0.1, -0.05) is 13.8 Å². The molecular weight excluding hydrogens is 240 g/mol. The van der Waals surface area contributed by atoms with E-state index in [2.05, 4.69) is 36.2 Å². The topological polar surface area (TPSA) is 52.0 Å². The Morgan fingerprint density at radius 1 is 1.53 bits per heavy atom. The van der Waals surface area contributed by atoms with Gasteiger partial charge in [0.25, 0.3) is 0 Å². The van der Waals surface area contributed by atoms with Crippen LogP contribution in [-0.4, -0.2) is 41.1 Å². The van der Waals surface area contributed by atoms with E-state index in [1.165, 1.54) is 0 Å². The van der Waals surface area contributed by atoms with Gasteiger partial charge in [0.15, 0.2) is 0 Å². The Hall–Kier alpha value is -0.940. The molecule has 1 fully saturated rings. The van der Waals surface area contributed by atoms with Crippen LogP contribution < -0.4 is 5.32 Å². The van der Waals surface area contributed by atoms with Crippen molar-refractivity contribution in [3.63, 3.8) is 0 Å². The van der Waals surface area contributed by atoms with Gasteiger partial charge in [-0.05, 0) is 25.8 Å². The molecule has 5 heteroatoms. The molecule has 0 spiro atoms. The van der Waals surface area contributed by atoms with Crippen LogP contribution >= 0.6 is 0 Å². The number of ether oxygens (including phenoxy) is 1. The summed E-state index contributed by atoms with van der Waals surface area (Å²) in [6.07, 6.45) is 3.71. The van der Waals surface area contributed by atoms with Crippen molar-refractivity contribution in [2.24, 2.45) is 11.3 Å². The van der Waals surface area contributed by atoms with E-state index in [-0.39, 0.29) is 5.41 Å². The summed E-state index contributed by atoms with van der Waals surface area (Å²) >= 11 is 0. The summed E-state index contributed by atoms with van der Waals surface area (Å²) in [5, 5.41) is 7.84. The summed E-state index contributed by atoms with van der Waals surface area (Å²) < 4.78 is 7.63. The van der Waals surface area contributed by atoms with Crippen molar-refractivity contribution in [2.45, 2.75) is 40.2 Å². The van der Waals surface area contributed by atoms with Crippen LogP contribution in [0.25, 0.3) is 0 Å². The molecule has 1 unspecified atom stereocenters. The number of hydrogen-bond donors (Lipinski definition) is 1. The van der Waals surface area contributed by atoms with E-state index >= 15 is 0 Å². The van der Waals surface area contributed by atoms with Gasteiger partial charge in [0.05, 0.1) is 6.61 Å². The van der Waals surface area contributed by atoms with Crippen molar-refractivity contribution < 1.29 is 4.74 Å². The van der Waals surface area contributed by atoms with Gasteiger partial charge in [-0.3, -0.25) is 4.68 Å². The van der Waals surface area contributed by atoms with Crippen LogP contribution in [0.2, 0.25) is 0 Å². The van der Waals surface area contributed by atoms with E-state index in [1.54, 1.807) is 6.33 Å². The second-order valence-corrected chi connectivity index (χ2v) is 6.00. The van der Waals surface area contributed by atoms with Gasteiger partial charge in [-0.25, -0.2) is 4.98 Å². The molecule has 1 aliphatic heterocycles. The van der Waals surface area contributed by atoms with Gasteiger partial charge >= 0.3 is 0 Å². The molecule has 0 aromatic carbocycles. The summed E-state index contributed by atoms with van der Waals surface area (Å²) in [5.74, 6) is 1.76. The molecule has 0 aliphatic carbocycles. The highest BCUT2D eigenvalue weighted by atomic mass is 16.5. The van der Waals surface area contributed by atoms with Crippen molar-refractivity contribution >= 4 is 0 Å². The summed E-state index contributed by atoms with van der Waals surface area (Å²) in [6, 6.07) is 0. The molecule has 1 saturated heterocycles. The third-order valence-electron chi connectivity index (χ3n) is 3.77. The largest absolute Gasteiger partial charge is 0.381 e. The lowest BCUT2D eigenvalue weighted by molar-refractivity contribution is 0.146. The fourth-order valence-corrected chi connectivity index (χ4v) is 2.64. The molecule has 108 valence electrons. The molecule has 1 aromatic heterocycles. The van der Waals surface area contributed by atoms with Crippen LogP contribution in [0.4, 0.5) is 0 Å². The van der Waals surface area contributed by atoms with E-state index in [0.717, 1.165) is 51.5 Å². The molecule has 2 heterocycles. The van der Waals surface area contributed by atoms with Crippen LogP contribution in [-0.2, 0) is 17.7 Å². The smallest absolute Gasteiger partial charge is 0.138 e. The Kier molecular flexibility index (Phi) is 4.93. The number of nitrogens with zero attached hydrogens (tertiary/aromatic N) is 3. The maximum Gasteiger partial charge on any atom is 0.138 e. The molecule has 1 aliphatic rings. The first kappa shape index (κ1) is 14.5. The van der Waals surface area contributed by atoms with Gasteiger partial charge in [-0.2, -0.15) is 5.10 Å². The highest BCUT2D eigenvalue weighted by molar-refractivity contribution is 4.97. The summed E-state index contributed by atoms with van der Waals surface area (Å²) in [6.45, 7) is 11.2. The number of hydrogen-bond acceptors (Lipinski definition) is 4. The third-order valence-corrected chi connectivity index (χ3v) is 3.77. The Morgan fingerprint density at radius 3 is 3.00 bits per heavy atom. The Balaban J connectivity index is 1.99. The van der Waals surface area contributed by atoms with Crippen molar-refractivity contribution in [2.75, 3.05) is 26.3 Å².